The fourth-order valence-corrected chi connectivity index (χ4v) is 6.16. The predicted octanol–water partition coefficient (Wildman–Crippen LogP) is 4.84. The van der Waals surface area contributed by atoms with E-state index in [1.807, 2.05) is 43.3 Å². The van der Waals surface area contributed by atoms with E-state index in [4.69, 9.17) is 0 Å². The summed E-state index contributed by atoms with van der Waals surface area (Å²) in [6, 6.07) is 13.6. The van der Waals surface area contributed by atoms with Crippen molar-refractivity contribution in [3.8, 4) is 10.6 Å². The number of sulfonamides is 1. The smallest absolute Gasteiger partial charge is 0.236 e. The lowest BCUT2D eigenvalue weighted by Gasteiger charge is -2.21. The van der Waals surface area contributed by atoms with Gasteiger partial charge >= 0.3 is 0 Å². The van der Waals surface area contributed by atoms with Crippen molar-refractivity contribution in [2.75, 3.05) is 13.1 Å². The lowest BCUT2D eigenvalue weighted by molar-refractivity contribution is 0.423. The van der Waals surface area contributed by atoms with E-state index in [0.717, 1.165) is 52.0 Å². The van der Waals surface area contributed by atoms with Crippen molar-refractivity contribution < 1.29 is 8.42 Å². The van der Waals surface area contributed by atoms with Gasteiger partial charge in [0.25, 0.3) is 0 Å². The van der Waals surface area contributed by atoms with Crippen LogP contribution in [0.3, 0.4) is 0 Å². The molecule has 1 fully saturated rings. The van der Waals surface area contributed by atoms with Crippen molar-refractivity contribution in [3.05, 3.63) is 48.0 Å². The molecule has 0 atom stereocenters. The molecule has 6 heteroatoms. The summed E-state index contributed by atoms with van der Waals surface area (Å²) < 4.78 is 29.2. The van der Waals surface area contributed by atoms with Crippen LogP contribution in [0.2, 0.25) is 0 Å². The third kappa shape index (κ3) is 3.29. The highest BCUT2D eigenvalue weighted by Crippen LogP contribution is 2.33. The second kappa shape index (κ2) is 7.10. The molecule has 1 aliphatic heterocycles. The molecule has 0 aliphatic carbocycles. The van der Waals surface area contributed by atoms with Crippen LogP contribution in [0.15, 0.2) is 47.4 Å². The molecule has 4 nitrogen and oxygen atoms in total. The molecule has 0 spiro atoms. The van der Waals surface area contributed by atoms with Gasteiger partial charge in [0, 0.05) is 18.7 Å². The summed E-state index contributed by atoms with van der Waals surface area (Å²) >= 11 is 1.59. The van der Waals surface area contributed by atoms with Gasteiger partial charge in [-0.05, 0) is 43.5 Å². The van der Waals surface area contributed by atoms with Crippen molar-refractivity contribution in [2.45, 2.75) is 37.5 Å². The number of nitrogens with zero attached hydrogens (tertiary/aromatic N) is 2. The Hall–Kier alpha value is -1.76. The average Bonchev–Trinajstić information content (AvgIpc) is 2.87. The number of fused-ring (bicyclic) bond motifs is 1. The maximum atomic E-state index is 13.2. The molecular formula is C20H22N2O2S2. The van der Waals surface area contributed by atoms with Crippen molar-refractivity contribution in [2.24, 2.45) is 0 Å². The van der Waals surface area contributed by atoms with E-state index >= 15 is 0 Å². The molecule has 0 amide bonds. The first kappa shape index (κ1) is 17.6. The first-order valence-corrected chi connectivity index (χ1v) is 11.3. The minimum absolute atomic E-state index is 0.413. The maximum absolute atomic E-state index is 13.2. The number of thiazole rings is 1. The Morgan fingerprint density at radius 2 is 1.73 bits per heavy atom. The van der Waals surface area contributed by atoms with Crippen molar-refractivity contribution >= 4 is 31.6 Å². The van der Waals surface area contributed by atoms with Gasteiger partial charge in [-0.25, -0.2) is 13.4 Å². The standard InChI is InChI=1S/C20H22N2O2S2/c1-15-10-11-16(20-21-17-8-4-5-9-18(17)25-20)14-19(15)26(23,24)22-12-6-2-3-7-13-22/h4-5,8-11,14H,2-3,6-7,12-13H2,1H3. The predicted molar refractivity (Wildman–Crippen MR) is 107 cm³/mol. The Kier molecular flexibility index (Phi) is 4.82. The molecule has 26 heavy (non-hydrogen) atoms. The topological polar surface area (TPSA) is 50.3 Å². The lowest BCUT2D eigenvalue weighted by atomic mass is 10.1. The molecule has 136 valence electrons. The fourth-order valence-electron chi connectivity index (χ4n) is 3.43. The zero-order chi connectivity index (χ0) is 18.1. The number of rotatable bonds is 3. The Bertz CT molecular complexity index is 1000. The van der Waals surface area contributed by atoms with Gasteiger partial charge in [-0.2, -0.15) is 4.31 Å². The molecule has 1 aliphatic rings. The zero-order valence-electron chi connectivity index (χ0n) is 14.8. The number of aryl methyl sites for hydroxylation is 1. The Labute approximate surface area is 158 Å². The summed E-state index contributed by atoms with van der Waals surface area (Å²) in [6.07, 6.45) is 4.10. The largest absolute Gasteiger partial charge is 0.243 e. The van der Waals surface area contributed by atoms with E-state index in [-0.39, 0.29) is 0 Å². The van der Waals surface area contributed by atoms with Crippen LogP contribution in [-0.2, 0) is 10.0 Å². The normalized spacial score (nSPS) is 16.7. The van der Waals surface area contributed by atoms with Gasteiger partial charge in [0.15, 0.2) is 0 Å². The third-order valence-corrected chi connectivity index (χ3v) is 8.04. The fraction of sp³-hybridized carbons (Fsp3) is 0.350. The van der Waals surface area contributed by atoms with Gasteiger partial charge in [0.1, 0.15) is 5.01 Å². The maximum Gasteiger partial charge on any atom is 0.243 e. The molecule has 1 aromatic heterocycles. The molecule has 1 saturated heterocycles. The lowest BCUT2D eigenvalue weighted by Crippen LogP contribution is -2.32. The van der Waals surface area contributed by atoms with Gasteiger partial charge in [-0.1, -0.05) is 37.1 Å². The van der Waals surface area contributed by atoms with E-state index in [1.54, 1.807) is 21.7 Å². The van der Waals surface area contributed by atoms with E-state index in [0.29, 0.717) is 18.0 Å². The van der Waals surface area contributed by atoms with Crippen molar-refractivity contribution in [1.82, 2.24) is 9.29 Å². The minimum atomic E-state index is -3.47. The van der Waals surface area contributed by atoms with E-state index in [1.165, 1.54) is 0 Å². The number of hydrogen-bond acceptors (Lipinski definition) is 4. The van der Waals surface area contributed by atoms with Gasteiger partial charge in [0.2, 0.25) is 10.0 Å². The van der Waals surface area contributed by atoms with Crippen LogP contribution in [-0.4, -0.2) is 30.8 Å². The number of para-hydroxylation sites is 1. The summed E-state index contributed by atoms with van der Waals surface area (Å²) in [5.74, 6) is 0. The van der Waals surface area contributed by atoms with Crippen LogP contribution in [0, 0.1) is 6.92 Å². The SMILES string of the molecule is Cc1ccc(-c2nc3ccccc3s2)cc1S(=O)(=O)N1CCCCCC1. The molecular weight excluding hydrogens is 364 g/mol. The van der Waals surface area contributed by atoms with Crippen molar-refractivity contribution in [1.29, 1.82) is 0 Å². The molecule has 0 radical (unpaired) electrons. The first-order valence-electron chi connectivity index (χ1n) is 9.02. The Balaban J connectivity index is 1.76. The van der Waals surface area contributed by atoms with E-state index in [9.17, 15) is 8.42 Å². The number of hydrogen-bond donors (Lipinski definition) is 0. The summed E-state index contributed by atoms with van der Waals surface area (Å²) in [5, 5.41) is 0.860. The zero-order valence-corrected chi connectivity index (χ0v) is 16.4. The Morgan fingerprint density at radius 1 is 1.00 bits per heavy atom. The van der Waals surface area contributed by atoms with Gasteiger partial charge in [-0.3, -0.25) is 0 Å². The third-order valence-electron chi connectivity index (χ3n) is 4.91. The number of aromatic nitrogens is 1. The van der Waals surface area contributed by atoms with E-state index < -0.39 is 10.0 Å². The highest BCUT2D eigenvalue weighted by atomic mass is 32.2. The summed E-state index contributed by atoms with van der Waals surface area (Å²) in [5.41, 5.74) is 2.61. The first-order chi connectivity index (χ1) is 12.6. The molecule has 2 aromatic carbocycles. The van der Waals surface area contributed by atoms with Gasteiger partial charge in [-0.15, -0.1) is 11.3 Å². The van der Waals surface area contributed by atoms with Crippen LogP contribution >= 0.6 is 11.3 Å². The summed E-state index contributed by atoms with van der Waals surface area (Å²) in [7, 11) is -3.47. The second-order valence-electron chi connectivity index (χ2n) is 6.79. The van der Waals surface area contributed by atoms with Crippen LogP contribution in [0.5, 0.6) is 0 Å². The Morgan fingerprint density at radius 3 is 2.46 bits per heavy atom. The highest BCUT2D eigenvalue weighted by Gasteiger charge is 2.27. The molecule has 0 N–H and O–H groups in total. The quantitative estimate of drug-likeness (QED) is 0.647. The van der Waals surface area contributed by atoms with Crippen LogP contribution in [0.1, 0.15) is 31.2 Å². The molecule has 4 rings (SSSR count). The van der Waals surface area contributed by atoms with E-state index in [2.05, 4.69) is 4.98 Å². The monoisotopic (exact) mass is 386 g/mol. The minimum Gasteiger partial charge on any atom is -0.236 e. The molecule has 0 saturated carbocycles. The molecule has 0 bridgehead atoms. The van der Waals surface area contributed by atoms with Crippen molar-refractivity contribution in [3.63, 3.8) is 0 Å². The van der Waals surface area contributed by atoms with Crippen LogP contribution < -0.4 is 0 Å². The second-order valence-corrected chi connectivity index (χ2v) is 9.72. The summed E-state index contributed by atoms with van der Waals surface area (Å²) in [6.45, 7) is 3.10. The van der Waals surface area contributed by atoms with Crippen LogP contribution in [0.4, 0.5) is 0 Å². The van der Waals surface area contributed by atoms with Crippen LogP contribution in [0.25, 0.3) is 20.8 Å². The highest BCUT2D eigenvalue weighted by molar-refractivity contribution is 7.89. The molecule has 2 heterocycles. The summed E-state index contributed by atoms with van der Waals surface area (Å²) in [4.78, 5) is 5.09. The average molecular weight is 387 g/mol. The molecule has 3 aromatic rings. The number of benzene rings is 2. The van der Waals surface area contributed by atoms with Gasteiger partial charge in [0.05, 0.1) is 15.1 Å². The van der Waals surface area contributed by atoms with Gasteiger partial charge < -0.3 is 0 Å². The molecule has 0 unspecified atom stereocenters.